The van der Waals surface area contributed by atoms with Gasteiger partial charge in [0.15, 0.2) is 0 Å². The van der Waals surface area contributed by atoms with Crippen LogP contribution in [0.5, 0.6) is 0 Å². The summed E-state index contributed by atoms with van der Waals surface area (Å²) in [5.74, 6) is 0. The number of hydrogen-bond donors (Lipinski definition) is 0. The van der Waals surface area contributed by atoms with Gasteiger partial charge in [0.25, 0.3) is 5.56 Å². The van der Waals surface area contributed by atoms with E-state index in [4.69, 9.17) is 11.6 Å². The molecule has 2 heterocycles. The maximum atomic E-state index is 11.7. The van der Waals surface area contributed by atoms with Gasteiger partial charge in [-0.05, 0) is 28.9 Å². The Morgan fingerprint density at radius 3 is 3.00 bits per heavy atom. The zero-order valence-electron chi connectivity index (χ0n) is 7.29. The molecule has 14 heavy (non-hydrogen) atoms. The summed E-state index contributed by atoms with van der Waals surface area (Å²) in [6.45, 7) is 1.77. The summed E-state index contributed by atoms with van der Waals surface area (Å²) in [6, 6.07) is 3.31. The van der Waals surface area contributed by atoms with Gasteiger partial charge in [0.1, 0.15) is 10.1 Å². The Hall–Kier alpha value is -0.870. The van der Waals surface area contributed by atoms with Gasteiger partial charge in [-0.1, -0.05) is 11.6 Å². The van der Waals surface area contributed by atoms with Gasteiger partial charge in [0.2, 0.25) is 0 Å². The molecule has 2 aromatic rings. The van der Waals surface area contributed by atoms with Gasteiger partial charge in [0.05, 0.1) is 5.69 Å². The average Bonchev–Trinajstić information content (AvgIpc) is 2.14. The van der Waals surface area contributed by atoms with Crippen molar-refractivity contribution < 1.29 is 0 Å². The summed E-state index contributed by atoms with van der Waals surface area (Å²) < 4.78 is 1.93. The maximum Gasteiger partial charge on any atom is 0.272 e. The van der Waals surface area contributed by atoms with Crippen LogP contribution in [0.4, 0.5) is 0 Å². The Morgan fingerprint density at radius 2 is 2.29 bits per heavy atom. The third-order valence-electron chi connectivity index (χ3n) is 1.90. The van der Waals surface area contributed by atoms with Gasteiger partial charge < -0.3 is 0 Å². The fraction of sp³-hybridized carbons (Fsp3) is 0.111. The van der Waals surface area contributed by atoms with Gasteiger partial charge >= 0.3 is 0 Å². The molecule has 0 saturated heterocycles. The van der Waals surface area contributed by atoms with Crippen molar-refractivity contribution in [3.63, 3.8) is 0 Å². The largest absolute Gasteiger partial charge is 0.272 e. The third kappa shape index (κ3) is 1.44. The van der Waals surface area contributed by atoms with E-state index in [1.54, 1.807) is 25.3 Å². The van der Waals surface area contributed by atoms with Crippen molar-refractivity contribution >= 4 is 33.2 Å². The summed E-state index contributed by atoms with van der Waals surface area (Å²) >= 11 is 8.99. The fourth-order valence-corrected chi connectivity index (χ4v) is 1.64. The molecular weight excluding hydrogens is 267 g/mol. The van der Waals surface area contributed by atoms with Crippen molar-refractivity contribution in [1.29, 1.82) is 0 Å². The van der Waals surface area contributed by atoms with Gasteiger partial charge in [-0.25, -0.2) is 4.98 Å². The molecule has 0 aliphatic heterocycles. The van der Waals surface area contributed by atoms with Crippen LogP contribution in [-0.4, -0.2) is 9.38 Å². The van der Waals surface area contributed by atoms with Gasteiger partial charge in [-0.3, -0.25) is 9.20 Å². The summed E-state index contributed by atoms with van der Waals surface area (Å²) in [5, 5.41) is 0.568. The Bertz CT molecular complexity index is 564. The summed E-state index contributed by atoms with van der Waals surface area (Å²) in [4.78, 5) is 15.9. The molecular formula is C9H6BrClN2O. The van der Waals surface area contributed by atoms with E-state index in [-0.39, 0.29) is 5.56 Å². The van der Waals surface area contributed by atoms with Crippen LogP contribution in [0.3, 0.4) is 0 Å². The van der Waals surface area contributed by atoms with Crippen LogP contribution in [0, 0.1) is 6.92 Å². The molecule has 0 N–H and O–H groups in total. The second-order valence-corrected chi connectivity index (χ2v) is 4.12. The second-order valence-electron chi connectivity index (χ2n) is 2.89. The third-order valence-corrected chi connectivity index (χ3v) is 3.05. The molecule has 0 atom stereocenters. The molecule has 2 rings (SSSR count). The predicted octanol–water partition coefficient (Wildman–Crippen LogP) is 2.42. The van der Waals surface area contributed by atoms with Crippen LogP contribution in [0.1, 0.15) is 5.69 Å². The van der Waals surface area contributed by atoms with Crippen molar-refractivity contribution in [2.45, 2.75) is 6.92 Å². The Balaban J connectivity index is 2.98. The molecule has 3 nitrogen and oxygen atoms in total. The lowest BCUT2D eigenvalue weighted by molar-refractivity contribution is 1.00. The lowest BCUT2D eigenvalue weighted by Gasteiger charge is -2.02. The molecule has 2 aromatic heterocycles. The van der Waals surface area contributed by atoms with E-state index in [1.807, 2.05) is 0 Å². The number of nitrogens with zero attached hydrogens (tertiary/aromatic N) is 2. The predicted molar refractivity (Wildman–Crippen MR) is 58.9 cm³/mol. The van der Waals surface area contributed by atoms with E-state index < -0.39 is 0 Å². The standard InChI is InChI=1S/C9H6BrClN2O/c1-5-8(10)9(14)13-3-2-6(11)4-7(13)12-5/h2-4H,1H3. The highest BCUT2D eigenvalue weighted by atomic mass is 79.9. The number of pyridine rings is 1. The molecule has 0 amide bonds. The Labute approximate surface area is 93.5 Å². The molecule has 0 aromatic carbocycles. The summed E-state index contributed by atoms with van der Waals surface area (Å²) in [6.07, 6.45) is 1.61. The minimum Gasteiger partial charge on any atom is -0.268 e. The van der Waals surface area contributed by atoms with Crippen LogP contribution in [0.15, 0.2) is 27.6 Å². The Morgan fingerprint density at radius 1 is 1.57 bits per heavy atom. The van der Waals surface area contributed by atoms with Gasteiger partial charge in [-0.15, -0.1) is 0 Å². The normalized spacial score (nSPS) is 10.8. The summed E-state index contributed by atoms with van der Waals surface area (Å²) in [5.41, 5.74) is 1.10. The molecule has 0 radical (unpaired) electrons. The fourth-order valence-electron chi connectivity index (χ4n) is 1.20. The first-order valence-corrected chi connectivity index (χ1v) is 5.11. The van der Waals surface area contributed by atoms with E-state index in [1.165, 1.54) is 4.40 Å². The molecule has 72 valence electrons. The van der Waals surface area contributed by atoms with Crippen molar-refractivity contribution in [2.24, 2.45) is 0 Å². The molecule has 0 bridgehead atoms. The van der Waals surface area contributed by atoms with E-state index >= 15 is 0 Å². The highest BCUT2D eigenvalue weighted by molar-refractivity contribution is 9.10. The van der Waals surface area contributed by atoms with Crippen molar-refractivity contribution in [3.05, 3.63) is 43.9 Å². The number of hydrogen-bond acceptors (Lipinski definition) is 2. The summed E-state index contributed by atoms with van der Waals surface area (Å²) in [7, 11) is 0. The Kier molecular flexibility index (Phi) is 2.33. The molecule has 0 aliphatic rings. The van der Waals surface area contributed by atoms with Crippen molar-refractivity contribution in [1.82, 2.24) is 9.38 Å². The molecule has 0 spiro atoms. The lowest BCUT2D eigenvalue weighted by atomic mass is 10.4. The first-order valence-electron chi connectivity index (χ1n) is 3.93. The quantitative estimate of drug-likeness (QED) is 0.739. The number of aryl methyl sites for hydroxylation is 1. The first kappa shape index (κ1) is 9.68. The molecule has 5 heteroatoms. The first-order chi connectivity index (χ1) is 6.59. The van der Waals surface area contributed by atoms with Crippen LogP contribution in [0.25, 0.3) is 5.65 Å². The second kappa shape index (κ2) is 3.37. The van der Waals surface area contributed by atoms with Crippen LogP contribution >= 0.6 is 27.5 Å². The molecule has 0 saturated carbocycles. The van der Waals surface area contributed by atoms with Crippen molar-refractivity contribution in [2.75, 3.05) is 0 Å². The van der Waals surface area contributed by atoms with Gasteiger partial charge in [-0.2, -0.15) is 0 Å². The number of aromatic nitrogens is 2. The molecule has 0 unspecified atom stereocenters. The number of halogens is 2. The zero-order valence-corrected chi connectivity index (χ0v) is 9.63. The van der Waals surface area contributed by atoms with Crippen LogP contribution < -0.4 is 5.56 Å². The smallest absolute Gasteiger partial charge is 0.268 e. The van der Waals surface area contributed by atoms with Crippen molar-refractivity contribution in [3.8, 4) is 0 Å². The topological polar surface area (TPSA) is 34.4 Å². The molecule has 0 aliphatic carbocycles. The van der Waals surface area contributed by atoms with E-state index in [0.717, 1.165) is 0 Å². The van der Waals surface area contributed by atoms with E-state index in [0.29, 0.717) is 20.8 Å². The molecule has 0 fully saturated rings. The van der Waals surface area contributed by atoms with Crippen LogP contribution in [0.2, 0.25) is 5.02 Å². The zero-order chi connectivity index (χ0) is 10.3. The van der Waals surface area contributed by atoms with E-state index in [2.05, 4.69) is 20.9 Å². The highest BCUT2D eigenvalue weighted by Gasteiger charge is 2.06. The highest BCUT2D eigenvalue weighted by Crippen LogP contribution is 2.13. The number of rotatable bonds is 0. The lowest BCUT2D eigenvalue weighted by Crippen LogP contribution is -2.16. The number of fused-ring (bicyclic) bond motifs is 1. The maximum absolute atomic E-state index is 11.7. The van der Waals surface area contributed by atoms with E-state index in [9.17, 15) is 4.79 Å². The minimum absolute atomic E-state index is 0.121. The average molecular weight is 274 g/mol. The minimum atomic E-state index is -0.121. The monoisotopic (exact) mass is 272 g/mol. The van der Waals surface area contributed by atoms with Crippen LogP contribution in [-0.2, 0) is 0 Å². The van der Waals surface area contributed by atoms with Gasteiger partial charge in [0, 0.05) is 17.3 Å². The SMILES string of the molecule is Cc1nc2cc(Cl)ccn2c(=O)c1Br.